The van der Waals surface area contributed by atoms with Gasteiger partial charge in [0.15, 0.2) is 5.76 Å². The summed E-state index contributed by atoms with van der Waals surface area (Å²) in [6.07, 6.45) is -0.648. The molecule has 12 nitrogen and oxygen atoms in total. The molecule has 0 aliphatic carbocycles. The van der Waals surface area contributed by atoms with Crippen LogP contribution in [-0.4, -0.2) is 49.8 Å². The van der Waals surface area contributed by atoms with Gasteiger partial charge in [-0.05, 0) is 43.7 Å². The zero-order valence-electron chi connectivity index (χ0n) is 23.0. The lowest BCUT2D eigenvalue weighted by molar-refractivity contribution is 0.102. The van der Waals surface area contributed by atoms with Crippen molar-refractivity contribution in [1.82, 2.24) is 14.8 Å². The molecule has 2 atom stereocenters. The fraction of sp³-hybridized carbons (Fsp3) is 0.333. The van der Waals surface area contributed by atoms with E-state index in [2.05, 4.69) is 21.5 Å². The zero-order valence-corrected chi connectivity index (χ0v) is 23.9. The molecule has 3 aromatic rings. The van der Waals surface area contributed by atoms with Crippen LogP contribution in [0.15, 0.2) is 52.8 Å². The topological polar surface area (TPSA) is 165 Å². The highest BCUT2D eigenvalue weighted by Gasteiger charge is 2.35. The molecule has 210 valence electrons. The molecule has 40 heavy (non-hydrogen) atoms. The van der Waals surface area contributed by atoms with Crippen molar-refractivity contribution in [3.63, 3.8) is 0 Å². The lowest BCUT2D eigenvalue weighted by atomic mass is 9.99. The van der Waals surface area contributed by atoms with Gasteiger partial charge >= 0.3 is 0 Å². The number of ether oxygens (including phenoxy) is 3. The molecule has 0 spiro atoms. The van der Waals surface area contributed by atoms with Crippen molar-refractivity contribution < 1.29 is 27.0 Å². The molecule has 0 bridgehead atoms. The Balaban J connectivity index is 2.17. The molecule has 0 saturated carbocycles. The number of aromatic nitrogens is 3. The predicted molar refractivity (Wildman–Crippen MR) is 147 cm³/mol. The molecule has 0 saturated heterocycles. The van der Waals surface area contributed by atoms with Crippen molar-refractivity contribution in [3.05, 3.63) is 70.9 Å². The summed E-state index contributed by atoms with van der Waals surface area (Å²) < 4.78 is 53.7. The summed E-state index contributed by atoms with van der Waals surface area (Å²) in [6.45, 7) is 9.00. The van der Waals surface area contributed by atoms with E-state index in [1.165, 1.54) is 51.0 Å². The van der Waals surface area contributed by atoms with Gasteiger partial charge in [0.1, 0.15) is 34.3 Å². The molecule has 3 rings (SSSR count). The number of sulfonamides is 1. The Morgan fingerprint density at radius 3 is 2.40 bits per heavy atom. The first-order valence-corrected chi connectivity index (χ1v) is 13.6. The lowest BCUT2D eigenvalue weighted by Crippen LogP contribution is -2.33. The van der Waals surface area contributed by atoms with Crippen molar-refractivity contribution >= 4 is 21.7 Å². The number of allylic oxidation sites excluding steroid dienone is 2. The smallest absolute Gasteiger partial charge is 0.243 e. The van der Waals surface area contributed by atoms with Crippen molar-refractivity contribution in [3.8, 4) is 23.7 Å². The van der Waals surface area contributed by atoms with Crippen molar-refractivity contribution in [2.24, 2.45) is 0 Å². The van der Waals surface area contributed by atoms with E-state index in [9.17, 15) is 18.9 Å². The minimum absolute atomic E-state index is 0.126. The van der Waals surface area contributed by atoms with Crippen LogP contribution in [0.5, 0.6) is 0 Å². The second-order valence-electron chi connectivity index (χ2n) is 8.58. The van der Waals surface area contributed by atoms with Crippen LogP contribution in [0.25, 0.3) is 17.3 Å². The first-order chi connectivity index (χ1) is 19.1. The Bertz CT molecular complexity index is 1620. The molecule has 0 radical (unpaired) electrons. The van der Waals surface area contributed by atoms with E-state index in [-0.39, 0.29) is 34.4 Å². The molecule has 0 fully saturated rings. The van der Waals surface area contributed by atoms with Crippen LogP contribution in [0, 0.1) is 29.6 Å². The third kappa shape index (κ3) is 5.86. The number of hydrogen-bond donors (Lipinski definition) is 1. The van der Waals surface area contributed by atoms with Crippen LogP contribution in [0.3, 0.4) is 0 Å². The van der Waals surface area contributed by atoms with E-state index >= 15 is 0 Å². The second kappa shape index (κ2) is 12.5. The number of nitriles is 2. The number of nitrogens with one attached hydrogen (secondary N) is 1. The van der Waals surface area contributed by atoms with Gasteiger partial charge in [0, 0.05) is 13.5 Å². The van der Waals surface area contributed by atoms with Crippen LogP contribution in [-0.2, 0) is 24.2 Å². The highest BCUT2D eigenvalue weighted by atomic mass is 32.2. The summed E-state index contributed by atoms with van der Waals surface area (Å²) >= 11 is 0. The number of methoxy groups -OCH3 is 3. The number of hydrogen-bond acceptors (Lipinski definition) is 10. The first-order valence-electron chi connectivity index (χ1n) is 12.1. The Morgan fingerprint density at radius 2 is 1.88 bits per heavy atom. The maximum Gasteiger partial charge on any atom is 0.243 e. The minimum Gasteiger partial charge on any atom is -0.499 e. The molecule has 0 aliphatic rings. The van der Waals surface area contributed by atoms with Crippen LogP contribution < -0.4 is 4.72 Å². The molecule has 1 aromatic carbocycles. The number of nitrogens with zero attached hydrogens (tertiary/aromatic N) is 5. The molecule has 2 aromatic heterocycles. The van der Waals surface area contributed by atoms with E-state index < -0.39 is 21.4 Å². The molecule has 13 heteroatoms. The van der Waals surface area contributed by atoms with E-state index in [4.69, 9.17) is 18.6 Å². The summed E-state index contributed by atoms with van der Waals surface area (Å²) in [5.41, 5.74) is 0.992. The SMILES string of the molecule is C=C(OC)/C(=C(\CC)OC)n1c(NS(=O)(=O)[C@@H](C)[C@H](OC)c2ccc(C#N)cc2C#N)nnc1-c1ccc(C)o1. The maximum absolute atomic E-state index is 13.7. The van der Waals surface area contributed by atoms with Gasteiger partial charge < -0.3 is 18.6 Å². The standard InChI is InChI=1S/C27H30N6O6S/c1-8-22(37-6)24(17(3)36-5)33-26(23-12-9-16(2)39-23)30-31-27(33)32-40(34,35)18(4)25(38-7)21-11-10-19(14-28)13-20(21)15-29/h9-13,18,25H,3,8H2,1-2,4-7H3,(H,31,32)/b24-22-/t18-,25-/m0/s1. The van der Waals surface area contributed by atoms with E-state index in [1.807, 2.05) is 19.1 Å². The van der Waals surface area contributed by atoms with Gasteiger partial charge in [0.2, 0.25) is 21.8 Å². The molecule has 2 heterocycles. The van der Waals surface area contributed by atoms with Crippen LogP contribution in [0.2, 0.25) is 0 Å². The number of furan rings is 1. The van der Waals surface area contributed by atoms with Gasteiger partial charge in [0.25, 0.3) is 0 Å². The van der Waals surface area contributed by atoms with Crippen molar-refractivity contribution in [2.45, 2.75) is 38.5 Å². The lowest BCUT2D eigenvalue weighted by Gasteiger charge is -2.25. The monoisotopic (exact) mass is 566 g/mol. The van der Waals surface area contributed by atoms with Crippen LogP contribution in [0.4, 0.5) is 5.95 Å². The summed E-state index contributed by atoms with van der Waals surface area (Å²) in [5, 5.41) is 25.9. The van der Waals surface area contributed by atoms with E-state index in [0.717, 1.165) is 0 Å². The largest absolute Gasteiger partial charge is 0.499 e. The molecule has 1 N–H and O–H groups in total. The van der Waals surface area contributed by atoms with Gasteiger partial charge in [0.05, 0.1) is 37.5 Å². The second-order valence-corrected chi connectivity index (χ2v) is 10.6. The zero-order chi connectivity index (χ0) is 29.6. The Hall–Kier alpha value is -4.59. The quantitative estimate of drug-likeness (QED) is 0.244. The number of rotatable bonds is 12. The molecule has 0 aliphatic heterocycles. The predicted octanol–water partition coefficient (Wildman–Crippen LogP) is 4.49. The third-order valence-electron chi connectivity index (χ3n) is 6.20. The highest BCUT2D eigenvalue weighted by molar-refractivity contribution is 7.93. The molecular weight excluding hydrogens is 536 g/mol. The van der Waals surface area contributed by atoms with Gasteiger partial charge in [-0.3, -0.25) is 9.29 Å². The van der Waals surface area contributed by atoms with Gasteiger partial charge in [-0.15, -0.1) is 10.2 Å². The fourth-order valence-electron chi connectivity index (χ4n) is 4.11. The van der Waals surface area contributed by atoms with E-state index in [0.29, 0.717) is 29.3 Å². The number of aryl methyl sites for hydroxylation is 1. The molecular formula is C27H30N6O6S. The summed E-state index contributed by atoms with van der Waals surface area (Å²) in [6, 6.07) is 11.8. The normalized spacial score (nSPS) is 13.4. The highest BCUT2D eigenvalue weighted by Crippen LogP contribution is 2.34. The summed E-state index contributed by atoms with van der Waals surface area (Å²) in [4.78, 5) is 0. The fourth-order valence-corrected chi connectivity index (χ4v) is 5.27. The van der Waals surface area contributed by atoms with Gasteiger partial charge in [-0.1, -0.05) is 19.6 Å². The Morgan fingerprint density at radius 1 is 1.15 bits per heavy atom. The van der Waals surface area contributed by atoms with Crippen LogP contribution >= 0.6 is 0 Å². The van der Waals surface area contributed by atoms with Crippen molar-refractivity contribution in [2.75, 3.05) is 26.1 Å². The Kier molecular flexibility index (Phi) is 9.37. The number of benzene rings is 1. The molecule has 0 unspecified atom stereocenters. The van der Waals surface area contributed by atoms with Gasteiger partial charge in [-0.2, -0.15) is 10.5 Å². The van der Waals surface area contributed by atoms with Crippen molar-refractivity contribution in [1.29, 1.82) is 10.5 Å². The summed E-state index contributed by atoms with van der Waals surface area (Å²) in [7, 11) is -0.00630. The average Bonchev–Trinajstić information content (AvgIpc) is 3.56. The van der Waals surface area contributed by atoms with E-state index in [1.54, 1.807) is 19.1 Å². The average molecular weight is 567 g/mol. The van der Waals surface area contributed by atoms with Gasteiger partial charge in [-0.25, -0.2) is 8.42 Å². The maximum atomic E-state index is 13.7. The number of anilines is 1. The first kappa shape index (κ1) is 30.0. The Labute approximate surface area is 233 Å². The molecule has 0 amide bonds. The summed E-state index contributed by atoms with van der Waals surface area (Å²) in [5.74, 6) is 1.53. The van der Waals surface area contributed by atoms with Crippen LogP contribution in [0.1, 0.15) is 48.8 Å². The minimum atomic E-state index is -4.24. The third-order valence-corrected chi connectivity index (χ3v) is 7.90.